The van der Waals surface area contributed by atoms with Gasteiger partial charge >= 0.3 is 24.6 Å². The number of carbonyl (C=O) groups is 2. The summed E-state index contributed by atoms with van der Waals surface area (Å²) in [5.41, 5.74) is -3.07. The molecule has 3 aliphatic rings. The highest BCUT2D eigenvalue weighted by Crippen LogP contribution is 2.43. The van der Waals surface area contributed by atoms with Crippen LogP contribution < -0.4 is 15.5 Å². The fourth-order valence-electron chi connectivity index (χ4n) is 8.45. The molecule has 2 aromatic carbocycles. The summed E-state index contributed by atoms with van der Waals surface area (Å²) in [6.45, 7) is -2.69. The molecule has 354 valence electrons. The number of amides is 3. The number of alkyl halides is 11. The first-order valence-corrected chi connectivity index (χ1v) is 21.4. The maximum Gasteiger partial charge on any atom is 0.419 e. The highest BCUT2D eigenvalue weighted by Gasteiger charge is 2.46. The first-order valence-electron chi connectivity index (χ1n) is 20.3. The Morgan fingerprint density at radius 3 is 2.29 bits per heavy atom. The van der Waals surface area contributed by atoms with Crippen molar-refractivity contribution in [2.75, 3.05) is 42.9 Å². The average Bonchev–Trinajstić information content (AvgIpc) is 3.82. The number of halogens is 11. The van der Waals surface area contributed by atoms with Crippen LogP contribution in [0.2, 0.25) is 0 Å². The Balaban J connectivity index is 0.926. The zero-order chi connectivity index (χ0) is 47.5. The van der Waals surface area contributed by atoms with E-state index in [1.165, 1.54) is 30.9 Å². The zero-order valence-corrected chi connectivity index (χ0v) is 35.3. The smallest absolute Gasteiger partial charge is 0.351 e. The summed E-state index contributed by atoms with van der Waals surface area (Å²) in [5.74, 6) is -5.16. The molecular weight excluding hydrogens is 924 g/mol. The van der Waals surface area contributed by atoms with E-state index in [0.29, 0.717) is 21.8 Å². The summed E-state index contributed by atoms with van der Waals surface area (Å²) in [4.78, 5) is 34.3. The SMILES string of the molecule is Cn1nc(N2CCC(=O)NC2=O)c2ccc(C3CCN(Cc4cc(S(=O)N5CCC(Nc6ncc(C(F)(F)F)c(-c7cnn(CC(F)(F)F)c7)n6)CC5)ccc4C(F)(F)F)CC3(F)F)cc21. The maximum atomic E-state index is 16.0. The molecule has 26 heteroatoms. The molecule has 6 heterocycles. The number of anilines is 2. The Bertz CT molecular complexity index is 2680. The zero-order valence-electron chi connectivity index (χ0n) is 34.4. The predicted molar refractivity (Wildman–Crippen MR) is 214 cm³/mol. The van der Waals surface area contributed by atoms with Gasteiger partial charge in [-0.3, -0.25) is 29.3 Å². The number of hydrogen-bond donors (Lipinski definition) is 2. The second kappa shape index (κ2) is 17.5. The molecule has 0 radical (unpaired) electrons. The van der Waals surface area contributed by atoms with Crippen molar-refractivity contribution in [3.05, 3.63) is 77.2 Å². The van der Waals surface area contributed by atoms with Crippen LogP contribution in [0.1, 0.15) is 53.9 Å². The fraction of sp³-hybridized carbons (Fsp3) is 0.450. The molecule has 2 unspecified atom stereocenters. The number of aryl methyl sites for hydroxylation is 1. The molecule has 3 saturated heterocycles. The van der Waals surface area contributed by atoms with Crippen LogP contribution in [0.25, 0.3) is 22.2 Å². The highest BCUT2D eigenvalue weighted by atomic mass is 32.2. The first kappa shape index (κ1) is 46.8. The van der Waals surface area contributed by atoms with E-state index in [1.807, 2.05) is 0 Å². The molecule has 3 amide bonds. The molecule has 0 aliphatic carbocycles. The van der Waals surface area contributed by atoms with Gasteiger partial charge in [0.15, 0.2) is 5.82 Å². The molecule has 0 bridgehead atoms. The van der Waals surface area contributed by atoms with E-state index in [1.54, 1.807) is 13.1 Å². The molecule has 3 aliphatic heterocycles. The topological polar surface area (TPSA) is 146 Å². The molecule has 0 saturated carbocycles. The third-order valence-corrected chi connectivity index (χ3v) is 13.1. The number of nitrogens with one attached hydrogen (secondary N) is 2. The lowest BCUT2D eigenvalue weighted by molar-refractivity contribution is -0.143. The maximum absolute atomic E-state index is 16.0. The molecular formula is C40H38F11N11O3S. The van der Waals surface area contributed by atoms with Crippen molar-refractivity contribution in [3.63, 3.8) is 0 Å². The Morgan fingerprint density at radius 2 is 1.62 bits per heavy atom. The van der Waals surface area contributed by atoms with E-state index in [9.17, 15) is 53.3 Å². The molecule has 5 aromatic rings. The van der Waals surface area contributed by atoms with Gasteiger partial charge in [0.2, 0.25) is 11.9 Å². The first-order chi connectivity index (χ1) is 30.9. The summed E-state index contributed by atoms with van der Waals surface area (Å²) in [6.07, 6.45) is -12.0. The number of hydrogen-bond acceptors (Lipinski definition) is 9. The van der Waals surface area contributed by atoms with Crippen LogP contribution in [0.15, 0.2) is 59.9 Å². The molecule has 8 rings (SSSR count). The lowest BCUT2D eigenvalue weighted by Crippen LogP contribution is -2.49. The molecule has 14 nitrogen and oxygen atoms in total. The summed E-state index contributed by atoms with van der Waals surface area (Å²) >= 11 is 0. The van der Waals surface area contributed by atoms with Crippen molar-refractivity contribution in [2.45, 2.75) is 80.1 Å². The quantitative estimate of drug-likeness (QED) is 0.136. The highest BCUT2D eigenvalue weighted by molar-refractivity contribution is 7.82. The van der Waals surface area contributed by atoms with Crippen LogP contribution in [-0.4, -0.2) is 106 Å². The Labute approximate surface area is 369 Å². The number of benzene rings is 2. The van der Waals surface area contributed by atoms with Crippen LogP contribution in [0.3, 0.4) is 0 Å². The van der Waals surface area contributed by atoms with Gasteiger partial charge in [-0.2, -0.15) is 49.7 Å². The number of rotatable bonds is 10. The minimum atomic E-state index is -4.96. The van der Waals surface area contributed by atoms with E-state index in [-0.39, 0.29) is 85.2 Å². The number of aromatic nitrogens is 6. The Kier molecular flexibility index (Phi) is 12.4. The molecule has 0 spiro atoms. The van der Waals surface area contributed by atoms with Gasteiger partial charge in [0, 0.05) is 69.0 Å². The van der Waals surface area contributed by atoms with Crippen LogP contribution in [0, 0.1) is 0 Å². The normalized spacial score (nSPS) is 19.9. The monoisotopic (exact) mass is 961 g/mol. The number of imide groups is 1. The number of nitrogens with zero attached hydrogens (tertiary/aromatic N) is 9. The summed E-state index contributed by atoms with van der Waals surface area (Å²) in [7, 11) is -0.435. The number of fused-ring (bicyclic) bond motifs is 1. The van der Waals surface area contributed by atoms with Crippen LogP contribution >= 0.6 is 0 Å². The number of urea groups is 1. The molecule has 2 N–H and O–H groups in total. The van der Waals surface area contributed by atoms with E-state index >= 15 is 8.78 Å². The van der Waals surface area contributed by atoms with E-state index in [0.717, 1.165) is 30.6 Å². The van der Waals surface area contributed by atoms with Gasteiger partial charge in [0.05, 0.1) is 40.3 Å². The third-order valence-electron chi connectivity index (χ3n) is 11.6. The number of likely N-dealkylation sites (tertiary alicyclic amines) is 1. The van der Waals surface area contributed by atoms with Gasteiger partial charge in [-0.15, -0.1) is 0 Å². The second-order valence-corrected chi connectivity index (χ2v) is 17.7. The summed E-state index contributed by atoms with van der Waals surface area (Å²) in [5, 5.41) is 13.5. The van der Waals surface area contributed by atoms with Crippen LogP contribution in [-0.2, 0) is 48.3 Å². The van der Waals surface area contributed by atoms with Gasteiger partial charge in [0.25, 0.3) is 5.92 Å². The van der Waals surface area contributed by atoms with Crippen molar-refractivity contribution < 1.29 is 62.1 Å². The standard InChI is InChI=1S/C40H38F11N11O3S/c1-58-31-15-22(2-4-27(31)34(57-58)62-13-9-32(63)55-36(62)64)28-8-10-59(20-37(28,41)42)18-23-14-26(3-5-29(23)39(46,47)48)66(65)61-11-6-25(7-12-61)54-35-52-17-30(40(49,50)51)33(56-35)24-16-53-60(19-24)21-38(43,44)45/h2-5,14-17,19,25,28H,6-13,18,20-21H2,1H3,(H,52,54,56)(H,55,63,64). The van der Waals surface area contributed by atoms with Gasteiger partial charge in [-0.05, 0) is 67.3 Å². The fourth-order valence-corrected chi connectivity index (χ4v) is 9.72. The van der Waals surface area contributed by atoms with Gasteiger partial charge in [-0.25, -0.2) is 32.1 Å². The lowest BCUT2D eigenvalue weighted by atomic mass is 9.85. The average molecular weight is 962 g/mol. The van der Waals surface area contributed by atoms with E-state index in [2.05, 4.69) is 30.8 Å². The minimum Gasteiger partial charge on any atom is -0.351 e. The van der Waals surface area contributed by atoms with Gasteiger partial charge < -0.3 is 5.32 Å². The number of piperidine rings is 2. The van der Waals surface area contributed by atoms with Crippen molar-refractivity contribution >= 4 is 45.6 Å². The van der Waals surface area contributed by atoms with Crippen molar-refractivity contribution in [3.8, 4) is 11.3 Å². The van der Waals surface area contributed by atoms with Gasteiger partial charge in [0.1, 0.15) is 23.1 Å². The van der Waals surface area contributed by atoms with Crippen LogP contribution in [0.5, 0.6) is 0 Å². The van der Waals surface area contributed by atoms with Crippen LogP contribution in [0.4, 0.5) is 64.9 Å². The summed E-state index contributed by atoms with van der Waals surface area (Å²) in [6, 6.07) is 6.36. The Hall–Kier alpha value is -5.76. The second-order valence-electron chi connectivity index (χ2n) is 16.2. The molecule has 2 atom stereocenters. The molecule has 3 fully saturated rings. The van der Waals surface area contributed by atoms with Crippen molar-refractivity contribution in [1.82, 2.24) is 44.1 Å². The number of carbonyl (C=O) groups excluding carboxylic acids is 2. The summed E-state index contributed by atoms with van der Waals surface area (Å²) < 4.78 is 172. The minimum absolute atomic E-state index is 0.00608. The van der Waals surface area contributed by atoms with E-state index in [4.69, 9.17) is 0 Å². The molecule has 3 aromatic heterocycles. The van der Waals surface area contributed by atoms with Crippen molar-refractivity contribution in [1.29, 1.82) is 0 Å². The van der Waals surface area contributed by atoms with E-state index < -0.39 is 95.8 Å². The largest absolute Gasteiger partial charge is 0.419 e. The lowest BCUT2D eigenvalue weighted by Gasteiger charge is -2.39. The van der Waals surface area contributed by atoms with Crippen molar-refractivity contribution in [2.24, 2.45) is 7.05 Å². The van der Waals surface area contributed by atoms with Gasteiger partial charge in [-0.1, -0.05) is 6.07 Å². The third kappa shape index (κ3) is 9.99. The molecule has 66 heavy (non-hydrogen) atoms. The Morgan fingerprint density at radius 1 is 0.894 bits per heavy atom. The predicted octanol–water partition coefficient (Wildman–Crippen LogP) is 7.50.